The van der Waals surface area contributed by atoms with Gasteiger partial charge in [0.1, 0.15) is 11.6 Å². The monoisotopic (exact) mass is 287 g/mol. The Morgan fingerprint density at radius 1 is 1.19 bits per heavy atom. The third kappa shape index (κ3) is 4.13. The van der Waals surface area contributed by atoms with Crippen molar-refractivity contribution in [2.45, 2.75) is 20.4 Å². The van der Waals surface area contributed by atoms with Crippen molar-refractivity contribution < 1.29 is 4.92 Å². The minimum absolute atomic E-state index is 0.000603. The van der Waals surface area contributed by atoms with E-state index < -0.39 is 4.92 Å². The average molecular weight is 287 g/mol. The molecular weight excluding hydrogens is 270 g/mol. The maximum absolute atomic E-state index is 10.9. The second-order valence-electron chi connectivity index (χ2n) is 4.51. The van der Waals surface area contributed by atoms with Crippen molar-refractivity contribution in [1.29, 1.82) is 0 Å². The molecule has 0 amide bonds. The summed E-state index contributed by atoms with van der Waals surface area (Å²) in [5, 5.41) is 17.0. The molecule has 0 fully saturated rings. The number of aryl methyl sites for hydroxylation is 1. The third-order valence-corrected chi connectivity index (χ3v) is 2.78. The molecule has 0 aliphatic heterocycles. The van der Waals surface area contributed by atoms with E-state index in [1.54, 1.807) is 0 Å². The summed E-state index contributed by atoms with van der Waals surface area (Å²) in [5.74, 6) is 0.926. The van der Waals surface area contributed by atoms with Gasteiger partial charge in [-0.3, -0.25) is 15.1 Å². The Hall–Kier alpha value is -2.70. The standard InChI is InChI=1S/C14H17N5O2/c1-3-15-13-7-12(19(20)21)8-14(18-13)16-9-11-6-4-5-10(2)17-11/h4-8H,3,9H2,1-2H3,(H2,15,16,18). The highest BCUT2D eigenvalue weighted by Crippen LogP contribution is 2.20. The van der Waals surface area contributed by atoms with E-state index >= 15 is 0 Å². The van der Waals surface area contributed by atoms with Crippen LogP contribution in [-0.2, 0) is 6.54 Å². The van der Waals surface area contributed by atoms with Crippen LogP contribution in [0.15, 0.2) is 30.3 Å². The minimum Gasteiger partial charge on any atom is -0.370 e. The first-order valence-corrected chi connectivity index (χ1v) is 6.65. The molecule has 2 aromatic rings. The van der Waals surface area contributed by atoms with Gasteiger partial charge in [-0.05, 0) is 26.0 Å². The number of hydrogen-bond acceptors (Lipinski definition) is 6. The Bertz CT molecular complexity index is 645. The van der Waals surface area contributed by atoms with Crippen molar-refractivity contribution in [3.63, 3.8) is 0 Å². The molecule has 0 saturated carbocycles. The molecular formula is C14H17N5O2. The number of anilines is 2. The highest BCUT2D eigenvalue weighted by Gasteiger charge is 2.11. The van der Waals surface area contributed by atoms with Crippen LogP contribution in [0.1, 0.15) is 18.3 Å². The first kappa shape index (κ1) is 14.7. The van der Waals surface area contributed by atoms with E-state index in [-0.39, 0.29) is 5.69 Å². The molecule has 0 aromatic carbocycles. The van der Waals surface area contributed by atoms with Gasteiger partial charge in [0, 0.05) is 12.2 Å². The van der Waals surface area contributed by atoms with E-state index in [0.717, 1.165) is 11.4 Å². The Morgan fingerprint density at radius 3 is 2.52 bits per heavy atom. The van der Waals surface area contributed by atoms with Gasteiger partial charge in [-0.15, -0.1) is 0 Å². The molecule has 0 spiro atoms. The van der Waals surface area contributed by atoms with Crippen LogP contribution in [0, 0.1) is 17.0 Å². The van der Waals surface area contributed by atoms with Gasteiger partial charge < -0.3 is 10.6 Å². The molecule has 110 valence electrons. The van der Waals surface area contributed by atoms with Crippen LogP contribution in [0.2, 0.25) is 0 Å². The number of nitro groups is 1. The highest BCUT2D eigenvalue weighted by atomic mass is 16.6. The summed E-state index contributed by atoms with van der Waals surface area (Å²) in [4.78, 5) is 19.2. The molecule has 0 bridgehead atoms. The molecule has 7 heteroatoms. The summed E-state index contributed by atoms with van der Waals surface area (Å²) in [7, 11) is 0. The van der Waals surface area contributed by atoms with E-state index in [4.69, 9.17) is 0 Å². The molecule has 2 heterocycles. The van der Waals surface area contributed by atoms with Crippen molar-refractivity contribution in [3.05, 3.63) is 51.8 Å². The van der Waals surface area contributed by atoms with Crippen molar-refractivity contribution >= 4 is 17.3 Å². The van der Waals surface area contributed by atoms with Crippen LogP contribution >= 0.6 is 0 Å². The molecule has 0 saturated heterocycles. The van der Waals surface area contributed by atoms with Crippen molar-refractivity contribution in [1.82, 2.24) is 9.97 Å². The number of hydrogen-bond donors (Lipinski definition) is 2. The SMILES string of the molecule is CCNc1cc([N+](=O)[O-])cc(NCc2cccc(C)n2)n1. The van der Waals surface area contributed by atoms with Gasteiger partial charge in [-0.25, -0.2) is 4.98 Å². The van der Waals surface area contributed by atoms with Crippen molar-refractivity contribution in [2.75, 3.05) is 17.2 Å². The number of rotatable bonds is 6. The van der Waals surface area contributed by atoms with Gasteiger partial charge in [0.25, 0.3) is 5.69 Å². The van der Waals surface area contributed by atoms with Gasteiger partial charge in [-0.2, -0.15) is 0 Å². The van der Waals surface area contributed by atoms with E-state index in [1.807, 2.05) is 32.0 Å². The van der Waals surface area contributed by atoms with Gasteiger partial charge in [0.2, 0.25) is 0 Å². The molecule has 0 radical (unpaired) electrons. The molecule has 2 N–H and O–H groups in total. The zero-order chi connectivity index (χ0) is 15.2. The summed E-state index contributed by atoms with van der Waals surface area (Å²) in [5.41, 5.74) is 1.78. The number of nitrogens with zero attached hydrogens (tertiary/aromatic N) is 3. The van der Waals surface area contributed by atoms with Crippen molar-refractivity contribution in [3.8, 4) is 0 Å². The lowest BCUT2D eigenvalue weighted by molar-refractivity contribution is -0.384. The predicted octanol–water partition coefficient (Wildman–Crippen LogP) is 2.74. The number of pyridine rings is 2. The molecule has 0 aliphatic rings. The molecule has 2 rings (SSSR count). The second-order valence-corrected chi connectivity index (χ2v) is 4.51. The molecule has 2 aromatic heterocycles. The van der Waals surface area contributed by atoms with Crippen LogP contribution in [0.3, 0.4) is 0 Å². The molecule has 21 heavy (non-hydrogen) atoms. The first-order chi connectivity index (χ1) is 10.1. The predicted molar refractivity (Wildman–Crippen MR) is 81.4 cm³/mol. The molecule has 0 atom stereocenters. The first-order valence-electron chi connectivity index (χ1n) is 6.65. The fraction of sp³-hybridized carbons (Fsp3) is 0.286. The number of aromatic nitrogens is 2. The van der Waals surface area contributed by atoms with Crippen LogP contribution in [0.4, 0.5) is 17.3 Å². The second kappa shape index (κ2) is 6.65. The lowest BCUT2D eigenvalue weighted by Crippen LogP contribution is -2.07. The molecule has 0 aliphatic carbocycles. The Labute approximate surface area is 122 Å². The van der Waals surface area contributed by atoms with Gasteiger partial charge in [0.05, 0.1) is 29.3 Å². The van der Waals surface area contributed by atoms with Gasteiger partial charge >= 0.3 is 0 Å². The summed E-state index contributed by atoms with van der Waals surface area (Å²) in [6, 6.07) is 8.56. The maximum atomic E-state index is 10.9. The van der Waals surface area contributed by atoms with Gasteiger partial charge in [-0.1, -0.05) is 6.07 Å². The fourth-order valence-corrected chi connectivity index (χ4v) is 1.86. The normalized spacial score (nSPS) is 10.2. The Balaban J connectivity index is 2.16. The van der Waals surface area contributed by atoms with Crippen LogP contribution in [0.5, 0.6) is 0 Å². The quantitative estimate of drug-likeness (QED) is 0.627. The summed E-state index contributed by atoms with van der Waals surface area (Å²) in [6.07, 6.45) is 0. The third-order valence-electron chi connectivity index (χ3n) is 2.78. The van der Waals surface area contributed by atoms with Crippen LogP contribution in [-0.4, -0.2) is 21.4 Å². The summed E-state index contributed by atoms with van der Waals surface area (Å²) in [6.45, 7) is 4.93. The van der Waals surface area contributed by atoms with E-state index in [2.05, 4.69) is 20.6 Å². The summed E-state index contributed by atoms with van der Waals surface area (Å²) >= 11 is 0. The zero-order valence-electron chi connectivity index (χ0n) is 12.0. The maximum Gasteiger partial charge on any atom is 0.276 e. The highest BCUT2D eigenvalue weighted by molar-refractivity contribution is 5.54. The molecule has 7 nitrogen and oxygen atoms in total. The number of nitrogens with one attached hydrogen (secondary N) is 2. The smallest absolute Gasteiger partial charge is 0.276 e. The lowest BCUT2D eigenvalue weighted by Gasteiger charge is -2.08. The van der Waals surface area contributed by atoms with E-state index in [9.17, 15) is 10.1 Å². The Morgan fingerprint density at radius 2 is 1.90 bits per heavy atom. The minimum atomic E-state index is -0.432. The van der Waals surface area contributed by atoms with Gasteiger partial charge in [0.15, 0.2) is 0 Å². The topological polar surface area (TPSA) is 93.0 Å². The lowest BCUT2D eigenvalue weighted by atomic mass is 10.3. The Kier molecular flexibility index (Phi) is 4.65. The van der Waals surface area contributed by atoms with Crippen LogP contribution in [0.25, 0.3) is 0 Å². The van der Waals surface area contributed by atoms with Crippen LogP contribution < -0.4 is 10.6 Å². The largest absolute Gasteiger partial charge is 0.370 e. The zero-order valence-corrected chi connectivity index (χ0v) is 12.0. The van der Waals surface area contributed by atoms with Crippen molar-refractivity contribution in [2.24, 2.45) is 0 Å². The van der Waals surface area contributed by atoms with E-state index in [1.165, 1.54) is 12.1 Å². The summed E-state index contributed by atoms with van der Waals surface area (Å²) < 4.78 is 0. The average Bonchev–Trinajstić information content (AvgIpc) is 2.45. The van der Waals surface area contributed by atoms with E-state index in [0.29, 0.717) is 24.7 Å². The fourth-order valence-electron chi connectivity index (χ4n) is 1.86. The molecule has 0 unspecified atom stereocenters.